The highest BCUT2D eigenvalue weighted by molar-refractivity contribution is 5.87. The van der Waals surface area contributed by atoms with Crippen molar-refractivity contribution in [2.45, 2.75) is 38.6 Å². The zero-order valence-electron chi connectivity index (χ0n) is 17.1. The number of hydrogen-bond acceptors (Lipinski definition) is 8. The molecule has 4 unspecified atom stereocenters. The van der Waals surface area contributed by atoms with Gasteiger partial charge in [0.25, 0.3) is 0 Å². The fourth-order valence-electron chi connectivity index (χ4n) is 2.81. The first kappa shape index (κ1) is 22.2. The van der Waals surface area contributed by atoms with Gasteiger partial charge in [0.2, 0.25) is 0 Å². The SMILES string of the molecule is C=C(C)C(=O)OCC1COC(c2ccc(C3OCC(COC(=O)C(=C)C)O3)cc2)O1. The molecule has 0 aromatic heterocycles. The van der Waals surface area contributed by atoms with Gasteiger partial charge in [-0.15, -0.1) is 0 Å². The molecule has 8 nitrogen and oxygen atoms in total. The van der Waals surface area contributed by atoms with Crippen molar-refractivity contribution in [3.63, 3.8) is 0 Å². The van der Waals surface area contributed by atoms with Gasteiger partial charge in [-0.05, 0) is 13.8 Å². The molecule has 0 saturated carbocycles. The molecule has 0 spiro atoms. The molecule has 0 radical (unpaired) electrons. The van der Waals surface area contributed by atoms with Gasteiger partial charge in [0.1, 0.15) is 25.4 Å². The van der Waals surface area contributed by atoms with E-state index in [1.165, 1.54) is 0 Å². The minimum absolute atomic E-state index is 0.112. The monoisotopic (exact) mass is 418 g/mol. The van der Waals surface area contributed by atoms with Crippen LogP contribution in [0.5, 0.6) is 0 Å². The lowest BCUT2D eigenvalue weighted by atomic mass is 10.1. The van der Waals surface area contributed by atoms with E-state index in [-0.39, 0.29) is 25.4 Å². The quantitative estimate of drug-likeness (QED) is 0.470. The Hall–Kier alpha value is -2.52. The summed E-state index contributed by atoms with van der Waals surface area (Å²) in [6.45, 7) is 11.1. The highest BCUT2D eigenvalue weighted by Crippen LogP contribution is 2.31. The summed E-state index contributed by atoms with van der Waals surface area (Å²) in [6, 6.07) is 7.46. The largest absolute Gasteiger partial charge is 0.459 e. The summed E-state index contributed by atoms with van der Waals surface area (Å²) in [4.78, 5) is 22.9. The second-order valence-corrected chi connectivity index (χ2v) is 7.27. The van der Waals surface area contributed by atoms with Crippen molar-refractivity contribution in [2.75, 3.05) is 26.4 Å². The summed E-state index contributed by atoms with van der Waals surface area (Å²) in [7, 11) is 0. The van der Waals surface area contributed by atoms with Crippen LogP contribution in [0.1, 0.15) is 37.6 Å². The number of esters is 2. The van der Waals surface area contributed by atoms with E-state index in [0.717, 1.165) is 11.1 Å². The molecule has 1 aromatic carbocycles. The molecular formula is C22H26O8. The smallest absolute Gasteiger partial charge is 0.333 e. The highest BCUT2D eigenvalue weighted by Gasteiger charge is 2.31. The summed E-state index contributed by atoms with van der Waals surface area (Å²) < 4.78 is 33.1. The molecule has 8 heteroatoms. The van der Waals surface area contributed by atoms with Gasteiger partial charge in [-0.1, -0.05) is 37.4 Å². The highest BCUT2D eigenvalue weighted by atomic mass is 16.7. The van der Waals surface area contributed by atoms with Crippen LogP contribution in [0.15, 0.2) is 48.6 Å². The van der Waals surface area contributed by atoms with E-state index in [0.29, 0.717) is 24.4 Å². The van der Waals surface area contributed by atoms with Gasteiger partial charge in [-0.2, -0.15) is 0 Å². The van der Waals surface area contributed by atoms with Crippen LogP contribution in [0, 0.1) is 0 Å². The molecule has 0 amide bonds. The predicted octanol–water partition coefficient (Wildman–Crippen LogP) is 2.75. The second kappa shape index (κ2) is 9.99. The molecule has 2 aliphatic heterocycles. The standard InChI is InChI=1S/C22H26O8/c1-13(2)19(23)25-9-17-11-27-21(29-17)15-5-7-16(8-6-15)22-28-12-18(30-22)10-26-20(24)14(3)4/h5-8,17-18,21-22H,1,3,9-12H2,2,4H3. The maximum atomic E-state index is 11.5. The Balaban J connectivity index is 1.46. The van der Waals surface area contributed by atoms with Gasteiger partial charge in [-0.3, -0.25) is 0 Å². The van der Waals surface area contributed by atoms with Crippen LogP contribution in [0.25, 0.3) is 0 Å². The summed E-state index contributed by atoms with van der Waals surface area (Å²) >= 11 is 0. The Morgan fingerprint density at radius 3 is 1.53 bits per heavy atom. The molecule has 4 atom stereocenters. The normalized spacial score (nSPS) is 25.7. The van der Waals surface area contributed by atoms with Crippen molar-refractivity contribution in [1.82, 2.24) is 0 Å². The summed E-state index contributed by atoms with van der Waals surface area (Å²) in [5.74, 6) is -0.897. The molecule has 0 aliphatic carbocycles. The maximum absolute atomic E-state index is 11.5. The van der Waals surface area contributed by atoms with Crippen LogP contribution in [0.4, 0.5) is 0 Å². The third kappa shape index (κ3) is 5.76. The Morgan fingerprint density at radius 2 is 1.20 bits per heavy atom. The lowest BCUT2D eigenvalue weighted by Gasteiger charge is -2.15. The molecule has 2 aliphatic rings. The molecule has 30 heavy (non-hydrogen) atoms. The van der Waals surface area contributed by atoms with Crippen LogP contribution in [-0.4, -0.2) is 50.6 Å². The Morgan fingerprint density at radius 1 is 0.833 bits per heavy atom. The third-order valence-corrected chi connectivity index (χ3v) is 4.48. The lowest BCUT2D eigenvalue weighted by Crippen LogP contribution is -2.21. The molecule has 1 aromatic rings. The minimum Gasteiger partial charge on any atom is -0.459 e. The number of benzene rings is 1. The Kier molecular flexibility index (Phi) is 7.38. The van der Waals surface area contributed by atoms with Gasteiger partial charge < -0.3 is 28.4 Å². The predicted molar refractivity (Wildman–Crippen MR) is 105 cm³/mol. The molecule has 162 valence electrons. The van der Waals surface area contributed by atoms with Crippen LogP contribution in [0.2, 0.25) is 0 Å². The van der Waals surface area contributed by atoms with Crippen molar-refractivity contribution < 1.29 is 38.0 Å². The van der Waals surface area contributed by atoms with Gasteiger partial charge in [0, 0.05) is 22.3 Å². The van der Waals surface area contributed by atoms with E-state index in [1.54, 1.807) is 13.8 Å². The van der Waals surface area contributed by atoms with Crippen LogP contribution < -0.4 is 0 Å². The molecule has 2 fully saturated rings. The average Bonchev–Trinajstić information content (AvgIpc) is 3.40. The molecule has 0 N–H and O–H groups in total. The number of carbonyl (C=O) groups excluding carboxylic acids is 2. The number of rotatable bonds is 8. The molecule has 2 saturated heterocycles. The first-order chi connectivity index (χ1) is 14.3. The van der Waals surface area contributed by atoms with Crippen molar-refractivity contribution in [1.29, 1.82) is 0 Å². The first-order valence-corrected chi connectivity index (χ1v) is 9.62. The van der Waals surface area contributed by atoms with Gasteiger partial charge in [0.15, 0.2) is 12.6 Å². The molecule has 2 heterocycles. The van der Waals surface area contributed by atoms with Crippen LogP contribution in [0.3, 0.4) is 0 Å². The summed E-state index contributed by atoms with van der Waals surface area (Å²) in [5, 5.41) is 0. The van der Waals surface area contributed by atoms with E-state index < -0.39 is 24.5 Å². The van der Waals surface area contributed by atoms with E-state index in [9.17, 15) is 9.59 Å². The van der Waals surface area contributed by atoms with Gasteiger partial charge in [0.05, 0.1) is 13.2 Å². The fourth-order valence-corrected chi connectivity index (χ4v) is 2.81. The third-order valence-electron chi connectivity index (χ3n) is 4.48. The number of carbonyl (C=O) groups is 2. The lowest BCUT2D eigenvalue weighted by molar-refractivity contribution is -0.144. The minimum atomic E-state index is -0.535. The topological polar surface area (TPSA) is 89.5 Å². The first-order valence-electron chi connectivity index (χ1n) is 9.62. The van der Waals surface area contributed by atoms with Crippen molar-refractivity contribution in [2.24, 2.45) is 0 Å². The maximum Gasteiger partial charge on any atom is 0.333 e. The Labute approximate surface area is 175 Å². The van der Waals surface area contributed by atoms with E-state index >= 15 is 0 Å². The molecular weight excluding hydrogens is 392 g/mol. The van der Waals surface area contributed by atoms with E-state index in [4.69, 9.17) is 28.4 Å². The molecule has 3 rings (SSSR count). The van der Waals surface area contributed by atoms with E-state index in [1.807, 2.05) is 24.3 Å². The second-order valence-electron chi connectivity index (χ2n) is 7.27. The molecule has 0 bridgehead atoms. The zero-order valence-corrected chi connectivity index (χ0v) is 17.1. The van der Waals surface area contributed by atoms with Gasteiger partial charge >= 0.3 is 11.9 Å². The van der Waals surface area contributed by atoms with Crippen molar-refractivity contribution >= 4 is 11.9 Å². The average molecular weight is 418 g/mol. The van der Waals surface area contributed by atoms with E-state index in [2.05, 4.69) is 13.2 Å². The van der Waals surface area contributed by atoms with Gasteiger partial charge in [-0.25, -0.2) is 9.59 Å². The summed E-state index contributed by atoms with van der Waals surface area (Å²) in [5.41, 5.74) is 2.34. The number of hydrogen-bond donors (Lipinski definition) is 0. The van der Waals surface area contributed by atoms with Crippen LogP contribution in [-0.2, 0) is 38.0 Å². The van der Waals surface area contributed by atoms with Crippen molar-refractivity contribution in [3.8, 4) is 0 Å². The zero-order chi connectivity index (χ0) is 21.7. The van der Waals surface area contributed by atoms with Crippen molar-refractivity contribution in [3.05, 3.63) is 59.7 Å². The summed E-state index contributed by atoms with van der Waals surface area (Å²) in [6.07, 6.45) is -1.73. The Bertz CT molecular complexity index is 733. The number of ether oxygens (including phenoxy) is 6. The van der Waals surface area contributed by atoms with Crippen LogP contribution >= 0.6 is 0 Å². The fraction of sp³-hybridized carbons (Fsp3) is 0.455.